The van der Waals surface area contributed by atoms with E-state index >= 15 is 0 Å². The Morgan fingerprint density at radius 1 is 1.43 bits per heavy atom. The summed E-state index contributed by atoms with van der Waals surface area (Å²) < 4.78 is 25.4. The normalized spacial score (nSPS) is 14.1. The fourth-order valence-electron chi connectivity index (χ4n) is 0.825. The first-order valence-corrected chi connectivity index (χ1v) is 5.96. The maximum Gasteiger partial charge on any atom is 1.00 e. The second-order valence-electron chi connectivity index (χ2n) is 2.66. The van der Waals surface area contributed by atoms with Crippen molar-refractivity contribution in [3.8, 4) is 0 Å². The second kappa shape index (κ2) is 6.17. The molecule has 0 aliphatic rings. The van der Waals surface area contributed by atoms with E-state index in [0.717, 1.165) is 11.1 Å². The SMILES string of the molecule is Cc1ccc(COS(=O)([O-])=S)cc1.[Na+]. The average Bonchev–Trinajstić information content (AvgIpc) is 2.02. The predicted molar refractivity (Wildman–Crippen MR) is 52.3 cm³/mol. The smallest absolute Gasteiger partial charge is 0.748 e. The minimum absolute atomic E-state index is 0. The van der Waals surface area contributed by atoms with Crippen molar-refractivity contribution >= 4 is 20.2 Å². The fourth-order valence-corrected chi connectivity index (χ4v) is 1.25. The molecule has 0 aliphatic carbocycles. The summed E-state index contributed by atoms with van der Waals surface area (Å²) in [7, 11) is -3.75. The second-order valence-corrected chi connectivity index (χ2v) is 4.93. The van der Waals surface area contributed by atoms with Crippen LogP contribution >= 0.6 is 0 Å². The van der Waals surface area contributed by atoms with Crippen molar-refractivity contribution < 1.29 is 42.5 Å². The minimum Gasteiger partial charge on any atom is -0.748 e. The van der Waals surface area contributed by atoms with Crippen molar-refractivity contribution in [2.24, 2.45) is 0 Å². The molecule has 72 valence electrons. The number of rotatable bonds is 3. The van der Waals surface area contributed by atoms with Crippen LogP contribution in [0.5, 0.6) is 0 Å². The molecule has 1 atom stereocenters. The predicted octanol–water partition coefficient (Wildman–Crippen LogP) is -1.69. The van der Waals surface area contributed by atoms with Crippen molar-refractivity contribution in [3.05, 3.63) is 35.4 Å². The Bertz CT molecular complexity index is 372. The number of hydrogen-bond donors (Lipinski definition) is 0. The van der Waals surface area contributed by atoms with Crippen molar-refractivity contribution in [1.82, 2.24) is 0 Å². The first-order valence-electron chi connectivity index (χ1n) is 3.63. The third kappa shape index (κ3) is 6.08. The van der Waals surface area contributed by atoms with Gasteiger partial charge in [0.25, 0.3) is 0 Å². The Morgan fingerprint density at radius 3 is 2.36 bits per heavy atom. The molecule has 3 nitrogen and oxygen atoms in total. The number of benzene rings is 1. The van der Waals surface area contributed by atoms with Crippen LogP contribution in [0.1, 0.15) is 11.1 Å². The van der Waals surface area contributed by atoms with Gasteiger partial charge in [-0.1, -0.05) is 29.8 Å². The molecule has 0 saturated heterocycles. The van der Waals surface area contributed by atoms with Crippen molar-refractivity contribution in [1.29, 1.82) is 0 Å². The Labute approximate surface area is 111 Å². The van der Waals surface area contributed by atoms with Gasteiger partial charge >= 0.3 is 29.6 Å². The third-order valence-corrected chi connectivity index (χ3v) is 2.19. The molecule has 0 fully saturated rings. The Kier molecular flexibility index (Phi) is 6.40. The van der Waals surface area contributed by atoms with Gasteiger partial charge in [0.05, 0.1) is 15.7 Å². The summed E-state index contributed by atoms with van der Waals surface area (Å²) >= 11 is 4.06. The molecule has 0 aromatic heterocycles. The molecule has 6 heteroatoms. The van der Waals surface area contributed by atoms with Crippen molar-refractivity contribution in [2.75, 3.05) is 0 Å². The van der Waals surface area contributed by atoms with Crippen LogP contribution in [0.4, 0.5) is 0 Å². The molecule has 0 N–H and O–H groups in total. The van der Waals surface area contributed by atoms with Crippen LogP contribution in [0.15, 0.2) is 24.3 Å². The molecule has 1 rings (SSSR count). The summed E-state index contributed by atoms with van der Waals surface area (Å²) in [5.41, 5.74) is 1.91. The maximum absolute atomic E-state index is 10.5. The maximum atomic E-state index is 10.5. The van der Waals surface area contributed by atoms with Crippen LogP contribution in [0, 0.1) is 6.92 Å². The van der Waals surface area contributed by atoms with Gasteiger partial charge in [-0.25, -0.2) is 4.21 Å². The summed E-state index contributed by atoms with van der Waals surface area (Å²) in [6, 6.07) is 7.37. The van der Waals surface area contributed by atoms with E-state index in [1.165, 1.54) is 0 Å². The van der Waals surface area contributed by atoms with Gasteiger partial charge in [-0.3, -0.25) is 4.18 Å². The van der Waals surface area contributed by atoms with Gasteiger partial charge in [0.15, 0.2) is 0 Å². The van der Waals surface area contributed by atoms with Gasteiger partial charge in [0.2, 0.25) is 0 Å². The average molecular weight is 240 g/mol. The summed E-state index contributed by atoms with van der Waals surface area (Å²) in [4.78, 5) is 0. The number of aryl methyl sites for hydroxylation is 1. The molecule has 0 bridgehead atoms. The molecule has 1 aromatic carbocycles. The van der Waals surface area contributed by atoms with E-state index in [0.29, 0.717) is 0 Å². The number of hydrogen-bond acceptors (Lipinski definition) is 4. The molecule has 14 heavy (non-hydrogen) atoms. The molecule has 0 spiro atoms. The molecular formula is C8H9NaO3S2. The molecule has 0 heterocycles. The monoisotopic (exact) mass is 240 g/mol. The van der Waals surface area contributed by atoms with Crippen LogP contribution in [0.3, 0.4) is 0 Å². The Hall–Kier alpha value is 0.510. The molecule has 0 radical (unpaired) electrons. The van der Waals surface area contributed by atoms with Gasteiger partial charge in [0, 0.05) is 0 Å². The van der Waals surface area contributed by atoms with Gasteiger partial charge < -0.3 is 4.55 Å². The zero-order chi connectivity index (χ0) is 9.90. The topological polar surface area (TPSA) is 49.4 Å². The first-order chi connectivity index (χ1) is 5.97. The largest absolute Gasteiger partial charge is 1.00 e. The fraction of sp³-hybridized carbons (Fsp3) is 0.250. The van der Waals surface area contributed by atoms with Gasteiger partial charge in [0.1, 0.15) is 0 Å². The Morgan fingerprint density at radius 2 is 1.93 bits per heavy atom. The minimum atomic E-state index is -3.75. The third-order valence-electron chi connectivity index (χ3n) is 1.49. The van der Waals surface area contributed by atoms with Gasteiger partial charge in [-0.15, -0.1) is 0 Å². The first kappa shape index (κ1) is 14.5. The molecule has 1 aromatic rings. The van der Waals surface area contributed by atoms with Gasteiger partial charge in [-0.2, -0.15) is 0 Å². The molecule has 0 aliphatic heterocycles. The van der Waals surface area contributed by atoms with E-state index in [4.69, 9.17) is 0 Å². The molecule has 0 amide bonds. The van der Waals surface area contributed by atoms with Crippen molar-refractivity contribution in [3.63, 3.8) is 0 Å². The summed E-state index contributed by atoms with van der Waals surface area (Å²) in [6.45, 7) is 1.96. The van der Waals surface area contributed by atoms with Crippen LogP contribution in [-0.4, -0.2) is 8.76 Å². The molecule has 0 saturated carbocycles. The van der Waals surface area contributed by atoms with E-state index in [2.05, 4.69) is 15.4 Å². The summed E-state index contributed by atoms with van der Waals surface area (Å²) in [6.07, 6.45) is 0. The summed E-state index contributed by atoms with van der Waals surface area (Å²) in [5, 5.41) is 0. The van der Waals surface area contributed by atoms with Gasteiger partial charge in [-0.05, 0) is 23.7 Å². The van der Waals surface area contributed by atoms with Crippen molar-refractivity contribution in [2.45, 2.75) is 13.5 Å². The zero-order valence-electron chi connectivity index (χ0n) is 8.06. The summed E-state index contributed by atoms with van der Waals surface area (Å²) in [5.74, 6) is 0. The molecular weight excluding hydrogens is 231 g/mol. The Balaban J connectivity index is 0.00000169. The van der Waals surface area contributed by atoms with Crippen LogP contribution in [0.25, 0.3) is 0 Å². The van der Waals surface area contributed by atoms with E-state index in [9.17, 15) is 8.76 Å². The molecule has 1 unspecified atom stereocenters. The van der Waals surface area contributed by atoms with Crippen LogP contribution in [-0.2, 0) is 31.0 Å². The van der Waals surface area contributed by atoms with E-state index in [1.807, 2.05) is 19.1 Å². The van der Waals surface area contributed by atoms with E-state index in [-0.39, 0.29) is 36.2 Å². The standard InChI is InChI=1S/C8H10O3S2.Na/c1-7-2-4-8(5-3-7)6-11-13(9,10)12;/h2-5H,6H2,1H3,(H,9,10,12);/q;+1/p-1. The van der Waals surface area contributed by atoms with Crippen LogP contribution < -0.4 is 29.6 Å². The quantitative estimate of drug-likeness (QED) is 0.591. The van der Waals surface area contributed by atoms with Crippen LogP contribution in [0.2, 0.25) is 0 Å². The van der Waals surface area contributed by atoms with E-state index in [1.54, 1.807) is 12.1 Å². The zero-order valence-corrected chi connectivity index (χ0v) is 11.7. The van der Waals surface area contributed by atoms with E-state index < -0.39 is 9.05 Å².